The first kappa shape index (κ1) is 23.3. The molecule has 0 saturated carbocycles. The monoisotopic (exact) mass is 472 g/mol. The first-order chi connectivity index (χ1) is 16.4. The smallest absolute Gasteiger partial charge is 0.293 e. The standard InChI is InChI=1S/C27H24N2O4S/c1-18-7-11-22(12-8-18)28-25(30)17-33-23-13-9-20(10-14-23)15-24-26(31)29(27(32)34-24)16-21-6-4-3-5-19(21)2/h3-15H,16-17H2,1-2H3,(H,28,30)/b24-15-. The molecule has 0 radical (unpaired) electrons. The van der Waals surface area contributed by atoms with E-state index in [-0.39, 0.29) is 30.2 Å². The fraction of sp³-hybridized carbons (Fsp3) is 0.148. The van der Waals surface area contributed by atoms with Gasteiger partial charge < -0.3 is 10.1 Å². The fourth-order valence-electron chi connectivity index (χ4n) is 3.39. The van der Waals surface area contributed by atoms with Gasteiger partial charge in [-0.25, -0.2) is 0 Å². The summed E-state index contributed by atoms with van der Waals surface area (Å²) in [5, 5.41) is 2.50. The average Bonchev–Trinajstić information content (AvgIpc) is 3.09. The lowest BCUT2D eigenvalue weighted by atomic mass is 10.1. The Morgan fingerprint density at radius 2 is 1.68 bits per heavy atom. The second-order valence-electron chi connectivity index (χ2n) is 7.97. The Hall–Kier alpha value is -3.84. The van der Waals surface area contributed by atoms with E-state index in [9.17, 15) is 14.4 Å². The molecule has 1 saturated heterocycles. The molecule has 6 nitrogen and oxygen atoms in total. The Bertz CT molecular complexity index is 1250. The lowest BCUT2D eigenvalue weighted by Gasteiger charge is -2.14. The number of hydrogen-bond acceptors (Lipinski definition) is 5. The number of carbonyl (C=O) groups is 3. The number of thioether (sulfide) groups is 1. The summed E-state index contributed by atoms with van der Waals surface area (Å²) in [4.78, 5) is 39.0. The van der Waals surface area contributed by atoms with E-state index in [0.29, 0.717) is 16.3 Å². The number of rotatable bonds is 7. The molecule has 172 valence electrons. The average molecular weight is 473 g/mol. The molecule has 1 aliphatic rings. The van der Waals surface area contributed by atoms with E-state index in [4.69, 9.17) is 4.74 Å². The van der Waals surface area contributed by atoms with E-state index in [1.54, 1.807) is 30.3 Å². The lowest BCUT2D eigenvalue weighted by molar-refractivity contribution is -0.123. The van der Waals surface area contributed by atoms with Gasteiger partial charge in [0.2, 0.25) is 0 Å². The van der Waals surface area contributed by atoms with Crippen LogP contribution in [0.5, 0.6) is 5.75 Å². The summed E-state index contributed by atoms with van der Waals surface area (Å²) in [7, 11) is 0. The summed E-state index contributed by atoms with van der Waals surface area (Å²) in [6.45, 7) is 4.08. The highest BCUT2D eigenvalue weighted by molar-refractivity contribution is 8.18. The second-order valence-corrected chi connectivity index (χ2v) is 8.96. The number of nitrogens with zero attached hydrogens (tertiary/aromatic N) is 1. The quantitative estimate of drug-likeness (QED) is 0.456. The molecule has 0 unspecified atom stereocenters. The molecule has 34 heavy (non-hydrogen) atoms. The van der Waals surface area contributed by atoms with E-state index in [1.165, 1.54) is 4.90 Å². The Labute approximate surface area is 202 Å². The zero-order valence-corrected chi connectivity index (χ0v) is 19.7. The van der Waals surface area contributed by atoms with Crippen LogP contribution in [-0.2, 0) is 16.1 Å². The Morgan fingerprint density at radius 1 is 0.971 bits per heavy atom. The third-order valence-electron chi connectivity index (χ3n) is 5.35. The van der Waals surface area contributed by atoms with Gasteiger partial charge in [0.25, 0.3) is 17.1 Å². The summed E-state index contributed by atoms with van der Waals surface area (Å²) in [6, 6.07) is 22.2. The van der Waals surface area contributed by atoms with Crippen molar-refractivity contribution in [3.63, 3.8) is 0 Å². The molecule has 7 heteroatoms. The predicted octanol–water partition coefficient (Wildman–Crippen LogP) is 5.56. The minimum absolute atomic E-state index is 0.120. The van der Waals surface area contributed by atoms with Crippen LogP contribution in [0.2, 0.25) is 0 Å². The van der Waals surface area contributed by atoms with Crippen molar-refractivity contribution in [3.8, 4) is 5.75 Å². The lowest BCUT2D eigenvalue weighted by Crippen LogP contribution is -2.27. The third-order valence-corrected chi connectivity index (χ3v) is 6.25. The maximum absolute atomic E-state index is 12.8. The normalized spacial score (nSPS) is 14.5. The van der Waals surface area contributed by atoms with Gasteiger partial charge in [-0.15, -0.1) is 0 Å². The molecule has 1 N–H and O–H groups in total. The van der Waals surface area contributed by atoms with Crippen molar-refractivity contribution in [3.05, 3.63) is 100.0 Å². The summed E-state index contributed by atoms with van der Waals surface area (Å²) in [6.07, 6.45) is 1.69. The molecule has 0 spiro atoms. The van der Waals surface area contributed by atoms with E-state index in [2.05, 4.69) is 5.32 Å². The van der Waals surface area contributed by atoms with Crippen LogP contribution in [0, 0.1) is 13.8 Å². The van der Waals surface area contributed by atoms with Gasteiger partial charge in [0, 0.05) is 5.69 Å². The number of ether oxygens (including phenoxy) is 1. The highest BCUT2D eigenvalue weighted by atomic mass is 32.2. The van der Waals surface area contributed by atoms with Crippen LogP contribution >= 0.6 is 11.8 Å². The summed E-state index contributed by atoms with van der Waals surface area (Å²) in [5.74, 6) is -0.0227. The van der Waals surface area contributed by atoms with E-state index in [1.807, 2.05) is 62.4 Å². The van der Waals surface area contributed by atoms with Gasteiger partial charge in [0.15, 0.2) is 6.61 Å². The predicted molar refractivity (Wildman–Crippen MR) is 134 cm³/mol. The Balaban J connectivity index is 1.34. The number of hydrogen-bond donors (Lipinski definition) is 1. The number of aryl methyl sites for hydroxylation is 2. The molecule has 0 aromatic heterocycles. The SMILES string of the molecule is Cc1ccc(NC(=O)COc2ccc(/C=C3\SC(=O)N(Cc4ccccc4C)C3=O)cc2)cc1. The maximum Gasteiger partial charge on any atom is 0.293 e. The number of anilines is 1. The van der Waals surface area contributed by atoms with Gasteiger partial charge in [0.1, 0.15) is 5.75 Å². The van der Waals surface area contributed by atoms with Gasteiger partial charge in [-0.3, -0.25) is 19.3 Å². The van der Waals surface area contributed by atoms with Gasteiger partial charge in [-0.2, -0.15) is 0 Å². The minimum atomic E-state index is -0.300. The molecular weight excluding hydrogens is 448 g/mol. The molecule has 4 rings (SSSR count). The topological polar surface area (TPSA) is 75.7 Å². The summed E-state index contributed by atoms with van der Waals surface area (Å²) >= 11 is 0.936. The fourth-order valence-corrected chi connectivity index (χ4v) is 4.23. The zero-order chi connectivity index (χ0) is 24.1. The van der Waals surface area contributed by atoms with Gasteiger partial charge in [0.05, 0.1) is 11.4 Å². The van der Waals surface area contributed by atoms with Crippen LogP contribution in [0.15, 0.2) is 77.7 Å². The summed E-state index contributed by atoms with van der Waals surface area (Å²) in [5.41, 5.74) is 4.57. The molecule has 0 aliphatic carbocycles. The van der Waals surface area contributed by atoms with Crippen molar-refractivity contribution in [1.29, 1.82) is 0 Å². The van der Waals surface area contributed by atoms with E-state index in [0.717, 1.165) is 34.0 Å². The van der Waals surface area contributed by atoms with Crippen LogP contribution in [0.4, 0.5) is 10.5 Å². The summed E-state index contributed by atoms with van der Waals surface area (Å²) < 4.78 is 5.55. The molecule has 1 fully saturated rings. The van der Waals surface area contributed by atoms with Crippen molar-refractivity contribution < 1.29 is 19.1 Å². The molecule has 0 bridgehead atoms. The second kappa shape index (κ2) is 10.4. The Kier molecular flexibility index (Phi) is 7.13. The number of benzene rings is 3. The van der Waals surface area contributed by atoms with Crippen molar-refractivity contribution in [2.75, 3.05) is 11.9 Å². The highest BCUT2D eigenvalue weighted by Gasteiger charge is 2.35. The first-order valence-corrected chi connectivity index (χ1v) is 11.6. The van der Waals surface area contributed by atoms with Gasteiger partial charge in [-0.1, -0.05) is 54.1 Å². The minimum Gasteiger partial charge on any atom is -0.484 e. The molecule has 0 atom stereocenters. The van der Waals surface area contributed by atoms with Crippen molar-refractivity contribution in [1.82, 2.24) is 4.90 Å². The third kappa shape index (κ3) is 5.74. The zero-order valence-electron chi connectivity index (χ0n) is 18.9. The van der Waals surface area contributed by atoms with Crippen LogP contribution in [0.25, 0.3) is 6.08 Å². The molecule has 3 aromatic rings. The van der Waals surface area contributed by atoms with E-state index < -0.39 is 0 Å². The molecule has 3 amide bonds. The Morgan fingerprint density at radius 3 is 2.38 bits per heavy atom. The van der Waals surface area contributed by atoms with Crippen molar-refractivity contribution in [2.45, 2.75) is 20.4 Å². The van der Waals surface area contributed by atoms with Crippen LogP contribution in [0.1, 0.15) is 22.3 Å². The van der Waals surface area contributed by atoms with Crippen LogP contribution < -0.4 is 10.1 Å². The van der Waals surface area contributed by atoms with Crippen LogP contribution in [0.3, 0.4) is 0 Å². The maximum atomic E-state index is 12.8. The number of imide groups is 1. The molecule has 1 aliphatic heterocycles. The molecule has 1 heterocycles. The van der Waals surface area contributed by atoms with Crippen molar-refractivity contribution in [2.24, 2.45) is 0 Å². The van der Waals surface area contributed by atoms with Gasteiger partial charge >= 0.3 is 0 Å². The van der Waals surface area contributed by atoms with Crippen LogP contribution in [-0.4, -0.2) is 28.6 Å². The van der Waals surface area contributed by atoms with Crippen molar-refractivity contribution >= 4 is 40.6 Å². The number of carbonyl (C=O) groups excluding carboxylic acids is 3. The van der Waals surface area contributed by atoms with Gasteiger partial charge in [-0.05, 0) is 72.6 Å². The van der Waals surface area contributed by atoms with E-state index >= 15 is 0 Å². The number of nitrogens with one attached hydrogen (secondary N) is 1. The molecule has 3 aromatic carbocycles. The highest BCUT2D eigenvalue weighted by Crippen LogP contribution is 2.33. The largest absolute Gasteiger partial charge is 0.484 e. The first-order valence-electron chi connectivity index (χ1n) is 10.8. The molecular formula is C27H24N2O4S. The number of amides is 3.